The third kappa shape index (κ3) is 6.88. The lowest BCUT2D eigenvalue weighted by Gasteiger charge is -2.29. The number of carbonyl (C=O) groups is 2. The highest BCUT2D eigenvalue weighted by molar-refractivity contribution is 5.67. The van der Waals surface area contributed by atoms with Gasteiger partial charge in [-0.15, -0.1) is 0 Å². The molecule has 19 heavy (non-hydrogen) atoms. The van der Waals surface area contributed by atoms with E-state index in [1.54, 1.807) is 28.2 Å². The smallest absolute Gasteiger partial charge is 0.409 e. The van der Waals surface area contributed by atoms with E-state index in [0.717, 1.165) is 12.8 Å². The fourth-order valence-corrected chi connectivity index (χ4v) is 1.52. The third-order valence-electron chi connectivity index (χ3n) is 2.67. The number of hydrogen-bond donors (Lipinski definition) is 0. The van der Waals surface area contributed by atoms with Crippen LogP contribution in [0.4, 0.5) is 9.59 Å². The molecule has 0 unspecified atom stereocenters. The van der Waals surface area contributed by atoms with Gasteiger partial charge in [-0.25, -0.2) is 9.59 Å². The molecule has 0 aromatic rings. The zero-order chi connectivity index (χ0) is 15.1. The van der Waals surface area contributed by atoms with Gasteiger partial charge in [0.25, 0.3) is 0 Å². The molecular formula is C13H26N2O4. The molecule has 112 valence electrons. The second kappa shape index (κ2) is 7.86. The van der Waals surface area contributed by atoms with Crippen molar-refractivity contribution in [2.75, 3.05) is 41.4 Å². The van der Waals surface area contributed by atoms with Crippen LogP contribution in [0, 0.1) is 5.41 Å². The summed E-state index contributed by atoms with van der Waals surface area (Å²) >= 11 is 0. The van der Waals surface area contributed by atoms with Crippen LogP contribution in [-0.2, 0) is 9.47 Å². The molecule has 0 bridgehead atoms. The van der Waals surface area contributed by atoms with Crippen molar-refractivity contribution in [3.63, 3.8) is 0 Å². The van der Waals surface area contributed by atoms with Crippen LogP contribution in [0.15, 0.2) is 0 Å². The molecule has 0 atom stereocenters. The first kappa shape index (κ1) is 17.5. The Hall–Kier alpha value is -1.46. The summed E-state index contributed by atoms with van der Waals surface area (Å²) in [5.74, 6) is 0. The lowest BCUT2D eigenvalue weighted by atomic mass is 9.87. The topological polar surface area (TPSA) is 59.1 Å². The summed E-state index contributed by atoms with van der Waals surface area (Å²) in [6.45, 7) is 4.46. The van der Waals surface area contributed by atoms with Gasteiger partial charge in [0.05, 0.1) is 0 Å². The van der Waals surface area contributed by atoms with Gasteiger partial charge in [-0.2, -0.15) is 0 Å². The van der Waals surface area contributed by atoms with Gasteiger partial charge < -0.3 is 19.3 Å². The van der Waals surface area contributed by atoms with Gasteiger partial charge in [0.15, 0.2) is 0 Å². The lowest BCUT2D eigenvalue weighted by molar-refractivity contribution is 0.0167. The molecule has 2 amide bonds. The number of nitrogens with zero attached hydrogens (tertiary/aromatic N) is 2. The maximum absolute atomic E-state index is 11.4. The highest BCUT2D eigenvalue weighted by atomic mass is 16.6. The van der Waals surface area contributed by atoms with Crippen LogP contribution in [0.3, 0.4) is 0 Å². The fraction of sp³-hybridized carbons (Fsp3) is 0.846. The Kier molecular flexibility index (Phi) is 7.26. The molecular weight excluding hydrogens is 248 g/mol. The predicted molar refractivity (Wildman–Crippen MR) is 73.1 cm³/mol. The minimum atomic E-state index is -0.388. The van der Waals surface area contributed by atoms with E-state index in [9.17, 15) is 9.59 Å². The molecule has 0 radical (unpaired) electrons. The monoisotopic (exact) mass is 274 g/mol. The van der Waals surface area contributed by atoms with Gasteiger partial charge in [-0.1, -0.05) is 20.3 Å². The molecule has 0 aliphatic heterocycles. The Labute approximate surface area is 115 Å². The molecule has 0 rings (SSSR count). The number of hydrogen-bond acceptors (Lipinski definition) is 4. The molecule has 0 spiro atoms. The number of rotatable bonds is 6. The normalized spacial score (nSPS) is 10.8. The lowest BCUT2D eigenvalue weighted by Crippen LogP contribution is -2.35. The predicted octanol–water partition coefficient (Wildman–Crippen LogP) is 2.19. The van der Waals surface area contributed by atoms with Crippen LogP contribution >= 0.6 is 0 Å². The first-order chi connectivity index (χ1) is 8.72. The van der Waals surface area contributed by atoms with Gasteiger partial charge in [0.2, 0.25) is 0 Å². The average Bonchev–Trinajstić information content (AvgIpc) is 2.33. The second-order valence-electron chi connectivity index (χ2n) is 5.46. The summed E-state index contributed by atoms with van der Waals surface area (Å²) in [6, 6.07) is 0. The molecule has 0 saturated heterocycles. The molecule has 0 aromatic heterocycles. The third-order valence-corrected chi connectivity index (χ3v) is 2.67. The Morgan fingerprint density at radius 1 is 0.947 bits per heavy atom. The van der Waals surface area contributed by atoms with E-state index in [0.29, 0.717) is 0 Å². The fourth-order valence-electron chi connectivity index (χ4n) is 1.52. The Morgan fingerprint density at radius 3 is 1.58 bits per heavy atom. The largest absolute Gasteiger partial charge is 0.449 e. The van der Waals surface area contributed by atoms with Gasteiger partial charge in [0, 0.05) is 33.6 Å². The highest BCUT2D eigenvalue weighted by Crippen LogP contribution is 2.24. The Morgan fingerprint density at radius 2 is 1.32 bits per heavy atom. The van der Waals surface area contributed by atoms with Crippen LogP contribution in [0.2, 0.25) is 0 Å². The summed E-state index contributed by atoms with van der Waals surface area (Å²) < 4.78 is 10.4. The quantitative estimate of drug-likeness (QED) is 0.745. The minimum absolute atomic E-state index is 0.235. The van der Waals surface area contributed by atoms with E-state index in [4.69, 9.17) is 9.47 Å². The van der Waals surface area contributed by atoms with Crippen LogP contribution in [0.25, 0.3) is 0 Å². The van der Waals surface area contributed by atoms with E-state index in [2.05, 4.69) is 0 Å². The number of ether oxygens (including phenoxy) is 2. The summed E-state index contributed by atoms with van der Waals surface area (Å²) in [4.78, 5) is 25.6. The number of amides is 2. The first-order valence-corrected chi connectivity index (χ1v) is 6.40. The molecule has 6 heteroatoms. The Bertz CT molecular complexity index is 279. The van der Waals surface area contributed by atoms with E-state index in [1.807, 2.05) is 13.8 Å². The van der Waals surface area contributed by atoms with Crippen LogP contribution in [-0.4, -0.2) is 63.4 Å². The Balaban J connectivity index is 4.41. The average molecular weight is 274 g/mol. The number of carbonyl (C=O) groups excluding carboxylic acids is 2. The minimum Gasteiger partial charge on any atom is -0.449 e. The van der Waals surface area contributed by atoms with Crippen molar-refractivity contribution in [1.82, 2.24) is 9.80 Å². The second-order valence-corrected chi connectivity index (χ2v) is 5.46. The van der Waals surface area contributed by atoms with Crippen LogP contribution < -0.4 is 0 Å². The molecule has 0 aromatic carbocycles. The standard InChI is InChI=1S/C13H26N2O4/c1-7-8-13(2,9-18-11(16)14(3)4)10-19-12(17)15(5)6/h7-10H2,1-6H3. The molecule has 0 heterocycles. The van der Waals surface area contributed by atoms with Crippen molar-refractivity contribution in [2.24, 2.45) is 5.41 Å². The van der Waals surface area contributed by atoms with Gasteiger partial charge >= 0.3 is 12.2 Å². The maximum Gasteiger partial charge on any atom is 0.409 e. The van der Waals surface area contributed by atoms with Crippen molar-refractivity contribution < 1.29 is 19.1 Å². The highest BCUT2D eigenvalue weighted by Gasteiger charge is 2.28. The molecule has 0 aliphatic carbocycles. The van der Waals surface area contributed by atoms with Crippen molar-refractivity contribution in [3.05, 3.63) is 0 Å². The zero-order valence-corrected chi connectivity index (χ0v) is 12.9. The first-order valence-electron chi connectivity index (χ1n) is 6.40. The van der Waals surface area contributed by atoms with Gasteiger partial charge in [-0.3, -0.25) is 0 Å². The molecule has 0 fully saturated rings. The maximum atomic E-state index is 11.4. The van der Waals surface area contributed by atoms with Gasteiger partial charge in [0.1, 0.15) is 13.2 Å². The molecule has 0 saturated carbocycles. The summed E-state index contributed by atoms with van der Waals surface area (Å²) in [5, 5.41) is 0. The van der Waals surface area contributed by atoms with Crippen molar-refractivity contribution >= 4 is 12.2 Å². The summed E-state index contributed by atoms with van der Waals surface area (Å²) in [6.07, 6.45) is 0.965. The molecule has 0 aliphatic rings. The van der Waals surface area contributed by atoms with Crippen LogP contribution in [0.5, 0.6) is 0 Å². The van der Waals surface area contributed by atoms with E-state index < -0.39 is 0 Å². The van der Waals surface area contributed by atoms with Crippen LogP contribution in [0.1, 0.15) is 26.7 Å². The van der Waals surface area contributed by atoms with Crippen molar-refractivity contribution in [2.45, 2.75) is 26.7 Å². The van der Waals surface area contributed by atoms with E-state index >= 15 is 0 Å². The van der Waals surface area contributed by atoms with Crippen molar-refractivity contribution in [1.29, 1.82) is 0 Å². The molecule has 6 nitrogen and oxygen atoms in total. The van der Waals surface area contributed by atoms with E-state index in [1.165, 1.54) is 9.80 Å². The van der Waals surface area contributed by atoms with E-state index in [-0.39, 0.29) is 30.8 Å². The molecule has 0 N–H and O–H groups in total. The SMILES string of the molecule is CCCC(C)(COC(=O)N(C)C)COC(=O)N(C)C. The summed E-state index contributed by atoms with van der Waals surface area (Å²) in [5.41, 5.74) is -0.355. The van der Waals surface area contributed by atoms with Gasteiger partial charge in [-0.05, 0) is 6.42 Å². The summed E-state index contributed by atoms with van der Waals surface area (Å²) in [7, 11) is 6.52. The van der Waals surface area contributed by atoms with Crippen molar-refractivity contribution in [3.8, 4) is 0 Å². The zero-order valence-electron chi connectivity index (χ0n) is 12.9.